The van der Waals surface area contributed by atoms with E-state index in [-0.39, 0.29) is 12.9 Å². The second kappa shape index (κ2) is 6.38. The molecule has 0 aliphatic carbocycles. The molecule has 1 atom stereocenters. The monoisotopic (exact) mass is 224 g/mol. The van der Waals surface area contributed by atoms with Crippen molar-refractivity contribution in [3.05, 3.63) is 35.3 Å². The Balaban J connectivity index is 2.32. The first-order chi connectivity index (χ1) is 7.61. The topological polar surface area (TPSA) is 38.7 Å². The Labute approximate surface area is 97.1 Å². The third-order valence-electron chi connectivity index (χ3n) is 2.27. The van der Waals surface area contributed by atoms with E-state index in [4.69, 9.17) is 14.6 Å². The van der Waals surface area contributed by atoms with E-state index < -0.39 is 0 Å². The van der Waals surface area contributed by atoms with Crippen molar-refractivity contribution >= 4 is 0 Å². The van der Waals surface area contributed by atoms with E-state index in [0.29, 0.717) is 5.76 Å². The van der Waals surface area contributed by atoms with Crippen molar-refractivity contribution in [3.63, 3.8) is 0 Å². The molecule has 1 N–H and O–H groups in total. The van der Waals surface area contributed by atoms with E-state index in [0.717, 1.165) is 12.8 Å². The fourth-order valence-electron chi connectivity index (χ4n) is 1.40. The van der Waals surface area contributed by atoms with Crippen LogP contribution in [-0.2, 0) is 9.47 Å². The molecule has 0 saturated heterocycles. The second-order valence-corrected chi connectivity index (χ2v) is 4.20. The molecule has 1 rings (SSSR count). The highest BCUT2D eigenvalue weighted by molar-refractivity contribution is 5.06. The van der Waals surface area contributed by atoms with Gasteiger partial charge in [0, 0.05) is 0 Å². The van der Waals surface area contributed by atoms with Gasteiger partial charge in [-0.25, -0.2) is 0 Å². The fourth-order valence-corrected chi connectivity index (χ4v) is 1.40. The van der Waals surface area contributed by atoms with Gasteiger partial charge >= 0.3 is 0 Å². The Morgan fingerprint density at radius 2 is 2.19 bits per heavy atom. The van der Waals surface area contributed by atoms with Crippen LogP contribution in [0.1, 0.15) is 33.6 Å². The predicted molar refractivity (Wildman–Crippen MR) is 63.5 cm³/mol. The van der Waals surface area contributed by atoms with Crippen molar-refractivity contribution in [1.29, 1.82) is 0 Å². The minimum Gasteiger partial charge on any atom is -0.455 e. The molecule has 1 aliphatic heterocycles. The first-order valence-electron chi connectivity index (χ1n) is 5.54. The van der Waals surface area contributed by atoms with E-state index >= 15 is 0 Å². The lowest BCUT2D eigenvalue weighted by atomic mass is 10.1. The van der Waals surface area contributed by atoms with Gasteiger partial charge in [0.25, 0.3) is 6.29 Å². The van der Waals surface area contributed by atoms with Crippen molar-refractivity contribution in [1.82, 2.24) is 0 Å². The Hall–Kier alpha value is -1.22. The van der Waals surface area contributed by atoms with E-state index in [1.165, 1.54) is 17.4 Å². The van der Waals surface area contributed by atoms with Crippen LogP contribution in [0.3, 0.4) is 0 Å². The van der Waals surface area contributed by atoms with Crippen molar-refractivity contribution < 1.29 is 14.6 Å². The van der Waals surface area contributed by atoms with Gasteiger partial charge in [0.1, 0.15) is 12.9 Å². The van der Waals surface area contributed by atoms with E-state index in [1.807, 2.05) is 6.08 Å². The SMILES string of the molecule is CC(C)=CCC/C(C)=C\C1OC=C(CO)O1. The number of hydrogen-bond donors (Lipinski definition) is 1. The summed E-state index contributed by atoms with van der Waals surface area (Å²) in [6.07, 6.45) is 7.29. The van der Waals surface area contributed by atoms with Crippen LogP contribution in [0, 0.1) is 0 Å². The van der Waals surface area contributed by atoms with Crippen molar-refractivity contribution in [2.24, 2.45) is 0 Å². The van der Waals surface area contributed by atoms with Crippen molar-refractivity contribution in [2.75, 3.05) is 6.61 Å². The zero-order valence-corrected chi connectivity index (χ0v) is 10.2. The maximum absolute atomic E-state index is 8.82. The van der Waals surface area contributed by atoms with Crippen LogP contribution >= 0.6 is 0 Å². The number of aliphatic hydroxyl groups is 1. The smallest absolute Gasteiger partial charge is 0.260 e. The van der Waals surface area contributed by atoms with E-state index in [9.17, 15) is 0 Å². The standard InChI is InChI=1S/C13H20O3/c1-10(2)5-4-6-11(3)7-13-15-9-12(8-14)16-13/h5,7,9,13-14H,4,6,8H2,1-3H3/b11-7-. The number of ether oxygens (including phenoxy) is 2. The molecule has 0 radical (unpaired) electrons. The fraction of sp³-hybridized carbons (Fsp3) is 0.538. The third-order valence-corrected chi connectivity index (χ3v) is 2.27. The van der Waals surface area contributed by atoms with Crippen molar-refractivity contribution in [3.8, 4) is 0 Å². The van der Waals surface area contributed by atoms with Gasteiger partial charge in [0.05, 0.1) is 0 Å². The summed E-state index contributed by atoms with van der Waals surface area (Å²) in [5, 5.41) is 8.82. The van der Waals surface area contributed by atoms with Gasteiger partial charge in [-0.15, -0.1) is 0 Å². The molecule has 1 unspecified atom stereocenters. The maximum atomic E-state index is 8.82. The quantitative estimate of drug-likeness (QED) is 0.730. The van der Waals surface area contributed by atoms with Gasteiger partial charge in [0.2, 0.25) is 0 Å². The zero-order valence-electron chi connectivity index (χ0n) is 10.2. The molecule has 0 aromatic rings. The highest BCUT2D eigenvalue weighted by atomic mass is 16.7. The first kappa shape index (κ1) is 12.8. The highest BCUT2D eigenvalue weighted by Crippen LogP contribution is 2.17. The summed E-state index contributed by atoms with van der Waals surface area (Å²) in [7, 11) is 0. The minimum atomic E-state index is -0.367. The lowest BCUT2D eigenvalue weighted by Crippen LogP contribution is -2.06. The molecule has 1 aliphatic rings. The first-order valence-corrected chi connectivity index (χ1v) is 5.54. The molecule has 0 bridgehead atoms. The Bertz CT molecular complexity index is 309. The molecule has 90 valence electrons. The Morgan fingerprint density at radius 3 is 2.75 bits per heavy atom. The average molecular weight is 224 g/mol. The highest BCUT2D eigenvalue weighted by Gasteiger charge is 2.15. The van der Waals surface area contributed by atoms with Crippen LogP contribution in [0.4, 0.5) is 0 Å². The van der Waals surface area contributed by atoms with Gasteiger partial charge in [0.15, 0.2) is 5.76 Å². The van der Waals surface area contributed by atoms with Crippen LogP contribution in [0.5, 0.6) is 0 Å². The lowest BCUT2D eigenvalue weighted by Gasteiger charge is -2.08. The summed E-state index contributed by atoms with van der Waals surface area (Å²) in [5.41, 5.74) is 2.57. The molecule has 3 heteroatoms. The zero-order chi connectivity index (χ0) is 12.0. The lowest BCUT2D eigenvalue weighted by molar-refractivity contribution is 0.00134. The van der Waals surface area contributed by atoms with Gasteiger partial charge in [-0.1, -0.05) is 17.2 Å². The van der Waals surface area contributed by atoms with Crippen LogP contribution in [0.25, 0.3) is 0 Å². The second-order valence-electron chi connectivity index (χ2n) is 4.20. The van der Waals surface area contributed by atoms with Crippen LogP contribution in [0.15, 0.2) is 35.3 Å². The van der Waals surface area contributed by atoms with Crippen LogP contribution < -0.4 is 0 Å². The van der Waals surface area contributed by atoms with Gasteiger partial charge in [-0.05, 0) is 39.7 Å². The Kier molecular flexibility index (Phi) is 5.12. The molecule has 0 aromatic carbocycles. The van der Waals surface area contributed by atoms with Crippen LogP contribution in [0.2, 0.25) is 0 Å². The molecule has 0 saturated carbocycles. The summed E-state index contributed by atoms with van der Waals surface area (Å²) in [5.74, 6) is 0.485. The summed E-state index contributed by atoms with van der Waals surface area (Å²) >= 11 is 0. The number of hydrogen-bond acceptors (Lipinski definition) is 3. The van der Waals surface area contributed by atoms with Gasteiger partial charge < -0.3 is 14.6 Å². The molecule has 16 heavy (non-hydrogen) atoms. The molecular formula is C13H20O3. The molecular weight excluding hydrogens is 204 g/mol. The van der Waals surface area contributed by atoms with Gasteiger partial charge in [-0.3, -0.25) is 0 Å². The third kappa shape index (κ3) is 4.53. The molecule has 0 amide bonds. The molecule has 0 fully saturated rings. The minimum absolute atomic E-state index is 0.110. The number of rotatable bonds is 5. The average Bonchev–Trinajstić information content (AvgIpc) is 2.65. The number of aliphatic hydroxyl groups excluding tert-OH is 1. The van der Waals surface area contributed by atoms with Crippen molar-refractivity contribution in [2.45, 2.75) is 39.9 Å². The molecule has 1 heterocycles. The maximum Gasteiger partial charge on any atom is 0.260 e. The van der Waals surface area contributed by atoms with E-state index in [2.05, 4.69) is 26.8 Å². The van der Waals surface area contributed by atoms with E-state index in [1.54, 1.807) is 0 Å². The number of allylic oxidation sites excluding steroid dienone is 3. The summed E-state index contributed by atoms with van der Waals surface area (Å²) in [6, 6.07) is 0. The van der Waals surface area contributed by atoms with Crippen LogP contribution in [-0.4, -0.2) is 18.0 Å². The summed E-state index contributed by atoms with van der Waals surface area (Å²) in [6.45, 7) is 6.14. The molecule has 3 nitrogen and oxygen atoms in total. The molecule has 0 aromatic heterocycles. The largest absolute Gasteiger partial charge is 0.455 e. The summed E-state index contributed by atoms with van der Waals surface area (Å²) < 4.78 is 10.5. The molecule has 0 spiro atoms. The normalized spacial score (nSPS) is 19.9. The Morgan fingerprint density at radius 1 is 1.44 bits per heavy atom. The predicted octanol–water partition coefficient (Wildman–Crippen LogP) is 2.89. The summed E-state index contributed by atoms with van der Waals surface area (Å²) in [4.78, 5) is 0. The van der Waals surface area contributed by atoms with Gasteiger partial charge in [-0.2, -0.15) is 0 Å².